The average Bonchev–Trinajstić information content (AvgIpc) is 3.19. The van der Waals surface area contributed by atoms with Crippen LogP contribution in [0.3, 0.4) is 0 Å². The van der Waals surface area contributed by atoms with Gasteiger partial charge >= 0.3 is 0 Å². The van der Waals surface area contributed by atoms with Gasteiger partial charge in [0.15, 0.2) is 5.96 Å². The summed E-state index contributed by atoms with van der Waals surface area (Å²) in [5.74, 6) is 0.802. The number of halogens is 1. The predicted octanol–water partition coefficient (Wildman–Crippen LogP) is 3.99. The Labute approximate surface area is 175 Å². The summed E-state index contributed by atoms with van der Waals surface area (Å²) in [7, 11) is 1.79. The zero-order valence-corrected chi connectivity index (χ0v) is 19.5. The molecule has 0 aliphatic carbocycles. The minimum atomic E-state index is 0. The third-order valence-corrected chi connectivity index (χ3v) is 5.58. The number of hydrogen-bond acceptors (Lipinski definition) is 5. The van der Waals surface area contributed by atoms with Crippen molar-refractivity contribution < 1.29 is 0 Å². The Morgan fingerprint density at radius 2 is 2.00 bits per heavy atom. The number of aliphatic imine (C=N–C) groups is 1. The Hall–Kier alpha value is -0.740. The molecule has 0 amide bonds. The number of hydrogen-bond donors (Lipinski definition) is 2. The molecule has 0 fully saturated rings. The van der Waals surface area contributed by atoms with Crippen molar-refractivity contribution in [1.82, 2.24) is 20.6 Å². The average molecular weight is 493 g/mol. The highest BCUT2D eigenvalue weighted by molar-refractivity contribution is 14.0. The summed E-state index contributed by atoms with van der Waals surface area (Å²) in [6.07, 6.45) is 3.89. The van der Waals surface area contributed by atoms with E-state index in [9.17, 15) is 0 Å². The summed E-state index contributed by atoms with van der Waals surface area (Å²) < 4.78 is 0. The molecule has 0 bridgehead atoms. The van der Waals surface area contributed by atoms with E-state index in [1.807, 2.05) is 6.20 Å². The lowest BCUT2D eigenvalue weighted by Crippen LogP contribution is -2.37. The van der Waals surface area contributed by atoms with Crippen LogP contribution in [0, 0.1) is 0 Å². The van der Waals surface area contributed by atoms with E-state index in [0.29, 0.717) is 6.54 Å². The van der Waals surface area contributed by atoms with Gasteiger partial charge < -0.3 is 10.6 Å². The minimum Gasteiger partial charge on any atom is -0.356 e. The van der Waals surface area contributed by atoms with Gasteiger partial charge in [-0.3, -0.25) is 4.99 Å². The predicted molar refractivity (Wildman–Crippen MR) is 120 cm³/mol. The maximum atomic E-state index is 4.72. The van der Waals surface area contributed by atoms with Crippen LogP contribution in [0.2, 0.25) is 0 Å². The first kappa shape index (κ1) is 22.3. The van der Waals surface area contributed by atoms with Crippen LogP contribution >= 0.6 is 46.7 Å². The Morgan fingerprint density at radius 1 is 1.24 bits per heavy atom. The third kappa shape index (κ3) is 7.18. The maximum absolute atomic E-state index is 4.72. The van der Waals surface area contributed by atoms with E-state index in [-0.39, 0.29) is 29.4 Å². The number of aryl methyl sites for hydroxylation is 1. The van der Waals surface area contributed by atoms with Crippen LogP contribution in [-0.2, 0) is 24.8 Å². The topological polar surface area (TPSA) is 62.2 Å². The fourth-order valence-electron chi connectivity index (χ4n) is 2.03. The number of thiazole rings is 2. The first-order chi connectivity index (χ1) is 11.4. The fraction of sp³-hybridized carbons (Fsp3) is 0.588. The van der Waals surface area contributed by atoms with Gasteiger partial charge in [0.1, 0.15) is 5.01 Å². The standard InChI is InChI=1S/C17H27N5S2.HI/c1-6-12-9-20-15(24-12)10-21-16(18-5)19-8-7-14-22-13(11-23-14)17(2,3)4;/h9,11H,6-8,10H2,1-5H3,(H2,18,19,21);1H. The largest absolute Gasteiger partial charge is 0.356 e. The minimum absolute atomic E-state index is 0. The molecule has 0 aliphatic rings. The maximum Gasteiger partial charge on any atom is 0.191 e. The molecule has 0 unspecified atom stereocenters. The van der Waals surface area contributed by atoms with Crippen molar-refractivity contribution in [2.75, 3.05) is 13.6 Å². The van der Waals surface area contributed by atoms with Gasteiger partial charge in [0.25, 0.3) is 0 Å². The number of aromatic nitrogens is 2. The van der Waals surface area contributed by atoms with Crippen LogP contribution in [0.15, 0.2) is 16.6 Å². The van der Waals surface area contributed by atoms with E-state index in [1.165, 1.54) is 10.6 Å². The summed E-state index contributed by atoms with van der Waals surface area (Å²) >= 11 is 3.48. The molecule has 140 valence electrons. The second-order valence-corrected chi connectivity index (χ2v) is 8.70. The van der Waals surface area contributed by atoms with Crippen LogP contribution in [0.5, 0.6) is 0 Å². The molecule has 0 saturated carbocycles. The lowest BCUT2D eigenvalue weighted by Gasteiger charge is -2.14. The van der Waals surface area contributed by atoms with Crippen molar-refractivity contribution >= 4 is 52.6 Å². The summed E-state index contributed by atoms with van der Waals surface area (Å²) in [6, 6.07) is 0. The smallest absolute Gasteiger partial charge is 0.191 e. The Balaban J connectivity index is 0.00000312. The number of guanidine groups is 1. The molecule has 25 heavy (non-hydrogen) atoms. The van der Waals surface area contributed by atoms with E-state index in [2.05, 4.69) is 53.7 Å². The molecule has 2 aromatic heterocycles. The van der Waals surface area contributed by atoms with Crippen molar-refractivity contribution in [3.63, 3.8) is 0 Å². The van der Waals surface area contributed by atoms with Gasteiger partial charge in [-0.1, -0.05) is 27.7 Å². The summed E-state index contributed by atoms with van der Waals surface area (Å²) in [5, 5.41) is 11.1. The van der Waals surface area contributed by atoms with E-state index < -0.39 is 0 Å². The molecule has 0 spiro atoms. The molecule has 2 heterocycles. The second-order valence-electron chi connectivity index (χ2n) is 6.55. The first-order valence-corrected chi connectivity index (χ1v) is 9.95. The summed E-state index contributed by atoms with van der Waals surface area (Å²) in [5.41, 5.74) is 1.28. The quantitative estimate of drug-likeness (QED) is 0.363. The zero-order chi connectivity index (χ0) is 17.6. The van der Waals surface area contributed by atoms with Gasteiger partial charge in [-0.25, -0.2) is 9.97 Å². The van der Waals surface area contributed by atoms with Crippen LogP contribution in [0.25, 0.3) is 0 Å². The van der Waals surface area contributed by atoms with E-state index >= 15 is 0 Å². The van der Waals surface area contributed by atoms with E-state index in [1.54, 1.807) is 29.7 Å². The summed E-state index contributed by atoms with van der Waals surface area (Å²) in [4.78, 5) is 14.7. The molecule has 0 atom stereocenters. The van der Waals surface area contributed by atoms with Crippen molar-refractivity contribution in [2.45, 2.75) is 52.5 Å². The third-order valence-electron chi connectivity index (χ3n) is 3.53. The van der Waals surface area contributed by atoms with Crippen molar-refractivity contribution in [1.29, 1.82) is 0 Å². The summed E-state index contributed by atoms with van der Waals surface area (Å²) in [6.45, 7) is 10.2. The normalized spacial score (nSPS) is 12.0. The fourth-order valence-corrected chi connectivity index (χ4v) is 3.86. The lowest BCUT2D eigenvalue weighted by atomic mass is 9.93. The van der Waals surface area contributed by atoms with Crippen LogP contribution in [0.1, 0.15) is 48.3 Å². The van der Waals surface area contributed by atoms with E-state index in [0.717, 1.165) is 35.4 Å². The van der Waals surface area contributed by atoms with Gasteiger partial charge in [0.2, 0.25) is 0 Å². The number of rotatable bonds is 6. The van der Waals surface area contributed by atoms with Crippen molar-refractivity contribution in [3.8, 4) is 0 Å². The highest BCUT2D eigenvalue weighted by atomic mass is 127. The van der Waals surface area contributed by atoms with Crippen molar-refractivity contribution in [2.24, 2.45) is 4.99 Å². The van der Waals surface area contributed by atoms with Crippen LogP contribution in [-0.4, -0.2) is 29.5 Å². The van der Waals surface area contributed by atoms with Gasteiger partial charge in [-0.15, -0.1) is 46.7 Å². The zero-order valence-electron chi connectivity index (χ0n) is 15.5. The first-order valence-electron chi connectivity index (χ1n) is 8.25. The molecule has 0 radical (unpaired) electrons. The Bertz CT molecular complexity index is 673. The monoisotopic (exact) mass is 493 g/mol. The number of nitrogens with zero attached hydrogens (tertiary/aromatic N) is 3. The highest BCUT2D eigenvalue weighted by Crippen LogP contribution is 2.23. The molecule has 2 aromatic rings. The molecular weight excluding hydrogens is 465 g/mol. The van der Waals surface area contributed by atoms with Gasteiger partial charge in [0, 0.05) is 41.9 Å². The SMILES string of the molecule is CCc1cnc(CNC(=NC)NCCc2nc(C(C)(C)C)cs2)s1.I. The van der Waals surface area contributed by atoms with Gasteiger partial charge in [-0.2, -0.15) is 0 Å². The van der Waals surface area contributed by atoms with Crippen LogP contribution in [0.4, 0.5) is 0 Å². The molecule has 2 rings (SSSR count). The Kier molecular flexibility index (Phi) is 9.29. The highest BCUT2D eigenvalue weighted by Gasteiger charge is 2.17. The van der Waals surface area contributed by atoms with Gasteiger partial charge in [0.05, 0.1) is 17.2 Å². The molecule has 0 saturated heterocycles. The second kappa shape index (κ2) is 10.4. The van der Waals surface area contributed by atoms with Crippen molar-refractivity contribution in [3.05, 3.63) is 32.2 Å². The lowest BCUT2D eigenvalue weighted by molar-refractivity contribution is 0.570. The molecule has 0 aromatic carbocycles. The van der Waals surface area contributed by atoms with Crippen LogP contribution < -0.4 is 10.6 Å². The molecule has 8 heteroatoms. The molecular formula is C17H28IN5S2. The molecule has 0 aliphatic heterocycles. The number of nitrogens with one attached hydrogen (secondary N) is 2. The van der Waals surface area contributed by atoms with Gasteiger partial charge in [-0.05, 0) is 6.42 Å². The van der Waals surface area contributed by atoms with E-state index in [4.69, 9.17) is 4.98 Å². The molecule has 2 N–H and O–H groups in total. The Morgan fingerprint density at radius 3 is 2.56 bits per heavy atom. The molecule has 5 nitrogen and oxygen atoms in total.